The minimum absolute atomic E-state index is 0.140. The van der Waals surface area contributed by atoms with E-state index < -0.39 is 18.7 Å². The third kappa shape index (κ3) is 6.89. The van der Waals surface area contributed by atoms with Crippen LogP contribution in [0.4, 0.5) is 0 Å². The second kappa shape index (κ2) is 5.24. The number of hydrogen-bond donors (Lipinski definition) is 2. The molecule has 0 aromatic heterocycles. The Balaban J connectivity index is 5.07. The molecule has 0 heterocycles. The van der Waals surface area contributed by atoms with Crippen LogP contribution >= 0.6 is 7.60 Å². The average Bonchev–Trinajstić information content (AvgIpc) is 1.90. The standard InChI is InChI=1S/C13H30NO3P/c1-12(2,3)10-14(7,8)9-11(13(4,5)6)18(15,16)17/h11H,9-10H2,1-8H3,(H-,15,16,17)/p+1. The Labute approximate surface area is 112 Å². The van der Waals surface area contributed by atoms with E-state index in [0.717, 1.165) is 6.54 Å². The Morgan fingerprint density at radius 3 is 1.67 bits per heavy atom. The Kier molecular flexibility index (Phi) is 5.27. The topological polar surface area (TPSA) is 57.5 Å². The molecule has 0 aliphatic carbocycles. The van der Waals surface area contributed by atoms with Crippen molar-refractivity contribution in [3.63, 3.8) is 0 Å². The fraction of sp³-hybridized carbons (Fsp3) is 1.00. The van der Waals surface area contributed by atoms with Gasteiger partial charge in [-0.3, -0.25) is 4.57 Å². The van der Waals surface area contributed by atoms with E-state index in [1.165, 1.54) is 0 Å². The van der Waals surface area contributed by atoms with Crippen molar-refractivity contribution in [2.45, 2.75) is 47.2 Å². The molecule has 0 fully saturated rings. The molecule has 0 saturated carbocycles. The lowest BCUT2D eigenvalue weighted by atomic mass is 9.89. The van der Waals surface area contributed by atoms with Gasteiger partial charge < -0.3 is 14.3 Å². The summed E-state index contributed by atoms with van der Waals surface area (Å²) in [6.45, 7) is 13.5. The first-order valence-electron chi connectivity index (χ1n) is 6.42. The highest BCUT2D eigenvalue weighted by Gasteiger charge is 2.44. The van der Waals surface area contributed by atoms with Gasteiger partial charge in [0.25, 0.3) is 0 Å². The Morgan fingerprint density at radius 1 is 1.06 bits per heavy atom. The van der Waals surface area contributed by atoms with Gasteiger partial charge in [-0.2, -0.15) is 0 Å². The van der Waals surface area contributed by atoms with Gasteiger partial charge in [0.05, 0.1) is 27.2 Å². The molecule has 0 saturated heterocycles. The molecule has 2 N–H and O–H groups in total. The van der Waals surface area contributed by atoms with Crippen LogP contribution in [0.3, 0.4) is 0 Å². The minimum Gasteiger partial charge on any atom is -0.327 e. The molecule has 18 heavy (non-hydrogen) atoms. The summed E-state index contributed by atoms with van der Waals surface area (Å²) < 4.78 is 12.3. The Bertz CT molecular complexity index is 320. The maximum Gasteiger partial charge on any atom is 0.334 e. The van der Waals surface area contributed by atoms with E-state index in [9.17, 15) is 14.4 Å². The van der Waals surface area contributed by atoms with E-state index >= 15 is 0 Å². The van der Waals surface area contributed by atoms with Crippen LogP contribution in [-0.4, -0.2) is 47.1 Å². The number of hydrogen-bond acceptors (Lipinski definition) is 1. The molecular weight excluding hydrogens is 249 g/mol. The Morgan fingerprint density at radius 2 is 1.44 bits per heavy atom. The molecule has 0 rings (SSSR count). The summed E-state index contributed by atoms with van der Waals surface area (Å²) in [5.41, 5.74) is -0.866. The van der Waals surface area contributed by atoms with E-state index in [-0.39, 0.29) is 5.41 Å². The van der Waals surface area contributed by atoms with Gasteiger partial charge in [0, 0.05) is 5.41 Å². The van der Waals surface area contributed by atoms with Crippen LogP contribution in [0.2, 0.25) is 0 Å². The highest BCUT2D eigenvalue weighted by atomic mass is 31.2. The molecular formula is C13H31NO3P+. The summed E-state index contributed by atoms with van der Waals surface area (Å²) in [6.07, 6.45) is 0. The van der Waals surface area contributed by atoms with E-state index in [4.69, 9.17) is 0 Å². The molecule has 1 atom stereocenters. The van der Waals surface area contributed by atoms with E-state index in [2.05, 4.69) is 20.8 Å². The molecule has 0 radical (unpaired) electrons. The largest absolute Gasteiger partial charge is 0.334 e. The van der Waals surface area contributed by atoms with Crippen LogP contribution in [0.1, 0.15) is 41.5 Å². The summed E-state index contributed by atoms with van der Waals surface area (Å²) in [5, 5.41) is 0. The third-order valence-electron chi connectivity index (χ3n) is 2.98. The highest BCUT2D eigenvalue weighted by molar-refractivity contribution is 7.52. The van der Waals surface area contributed by atoms with Gasteiger partial charge in [-0.1, -0.05) is 41.5 Å². The van der Waals surface area contributed by atoms with Crippen molar-refractivity contribution >= 4 is 7.60 Å². The summed E-state index contributed by atoms with van der Waals surface area (Å²) in [4.78, 5) is 19.2. The van der Waals surface area contributed by atoms with Crippen LogP contribution in [0.15, 0.2) is 0 Å². The van der Waals surface area contributed by atoms with Crippen LogP contribution in [0, 0.1) is 10.8 Å². The van der Waals surface area contributed by atoms with Gasteiger partial charge in [-0.15, -0.1) is 0 Å². The smallest absolute Gasteiger partial charge is 0.327 e. The highest BCUT2D eigenvalue weighted by Crippen LogP contribution is 2.50. The monoisotopic (exact) mass is 280 g/mol. The molecule has 0 aromatic rings. The lowest BCUT2D eigenvalue weighted by Gasteiger charge is -2.41. The van der Waals surface area contributed by atoms with Crippen molar-refractivity contribution in [3.05, 3.63) is 0 Å². The second-order valence-electron chi connectivity index (χ2n) is 8.31. The lowest BCUT2D eigenvalue weighted by Crippen LogP contribution is -2.52. The zero-order valence-corrected chi connectivity index (χ0v) is 14.1. The molecule has 5 heteroatoms. The maximum atomic E-state index is 11.7. The second-order valence-corrected chi connectivity index (χ2v) is 10.1. The number of nitrogens with zero attached hydrogens (tertiary/aromatic N) is 1. The summed E-state index contributed by atoms with van der Waals surface area (Å²) in [6, 6.07) is 0. The molecule has 0 aliphatic heterocycles. The van der Waals surface area contributed by atoms with Gasteiger partial charge >= 0.3 is 7.60 Å². The molecule has 4 nitrogen and oxygen atoms in total. The fourth-order valence-electron chi connectivity index (χ4n) is 2.70. The van der Waals surface area contributed by atoms with Crippen LogP contribution < -0.4 is 0 Å². The normalized spacial score (nSPS) is 16.8. The van der Waals surface area contributed by atoms with Crippen molar-refractivity contribution in [3.8, 4) is 0 Å². The molecule has 110 valence electrons. The van der Waals surface area contributed by atoms with Crippen molar-refractivity contribution in [2.75, 3.05) is 27.2 Å². The van der Waals surface area contributed by atoms with Crippen LogP contribution in [0.5, 0.6) is 0 Å². The number of rotatable bonds is 4. The summed E-state index contributed by atoms with van der Waals surface area (Å²) in [7, 11) is 0.00770. The molecule has 0 amide bonds. The van der Waals surface area contributed by atoms with Crippen molar-refractivity contribution in [2.24, 2.45) is 10.8 Å². The molecule has 0 bridgehead atoms. The van der Waals surface area contributed by atoms with Gasteiger partial charge in [0.1, 0.15) is 5.66 Å². The third-order valence-corrected chi connectivity index (χ3v) is 4.73. The quantitative estimate of drug-likeness (QED) is 0.615. The minimum atomic E-state index is -4.07. The first-order chi connectivity index (χ1) is 7.55. The first kappa shape index (κ1) is 18.1. The molecule has 0 spiro atoms. The van der Waals surface area contributed by atoms with Gasteiger partial charge in [-0.05, 0) is 5.41 Å². The van der Waals surface area contributed by atoms with E-state index in [1.807, 2.05) is 34.9 Å². The first-order valence-corrected chi connectivity index (χ1v) is 8.10. The van der Waals surface area contributed by atoms with Gasteiger partial charge in [-0.25, -0.2) is 0 Å². The van der Waals surface area contributed by atoms with Gasteiger partial charge in [0.2, 0.25) is 0 Å². The predicted molar refractivity (Wildman–Crippen MR) is 76.6 cm³/mol. The summed E-state index contributed by atoms with van der Waals surface area (Å²) >= 11 is 0. The number of quaternary nitrogens is 1. The van der Waals surface area contributed by atoms with Crippen molar-refractivity contribution < 1.29 is 18.8 Å². The SMILES string of the molecule is CC(C)(C)C[N+](C)(C)CC(C(C)(C)C)P(=O)(O)O. The van der Waals surface area contributed by atoms with E-state index in [1.54, 1.807) is 0 Å². The predicted octanol–water partition coefficient (Wildman–Crippen LogP) is 2.70. The molecule has 0 aliphatic rings. The fourth-order valence-corrected chi connectivity index (χ4v) is 4.37. The molecule has 0 aromatic carbocycles. The van der Waals surface area contributed by atoms with Gasteiger partial charge in [0.15, 0.2) is 0 Å². The average molecular weight is 280 g/mol. The molecule has 1 unspecified atom stereocenters. The van der Waals surface area contributed by atoms with Crippen LogP contribution in [-0.2, 0) is 4.57 Å². The maximum absolute atomic E-state index is 11.7. The Hall–Kier alpha value is 0.110. The van der Waals surface area contributed by atoms with Crippen molar-refractivity contribution in [1.82, 2.24) is 0 Å². The zero-order valence-electron chi connectivity index (χ0n) is 13.2. The van der Waals surface area contributed by atoms with E-state index in [0.29, 0.717) is 11.0 Å². The summed E-state index contributed by atoms with van der Waals surface area (Å²) in [5.74, 6) is 0. The van der Waals surface area contributed by atoms with Crippen LogP contribution in [0.25, 0.3) is 0 Å². The zero-order chi connectivity index (χ0) is 15.0. The van der Waals surface area contributed by atoms with Crippen molar-refractivity contribution in [1.29, 1.82) is 0 Å². The lowest BCUT2D eigenvalue weighted by molar-refractivity contribution is -0.896.